The smallest absolute Gasteiger partial charge is 0.237 e. The molecule has 1 aliphatic heterocycles. The second kappa shape index (κ2) is 7.43. The number of aryl methyl sites for hydroxylation is 1. The SMILES string of the molecule is Cc1ccc([C@H]2[C@H](C(=O)c3ccccc3)C(=O)N2[C@H](C)c2ccccc2)cc1. The Labute approximate surface area is 165 Å². The number of likely N-dealkylation sites (tertiary alicyclic amines) is 1. The highest BCUT2D eigenvalue weighted by Crippen LogP contribution is 2.46. The summed E-state index contributed by atoms with van der Waals surface area (Å²) >= 11 is 0. The topological polar surface area (TPSA) is 37.4 Å². The molecule has 1 amide bonds. The van der Waals surface area contributed by atoms with Crippen LogP contribution in [0.15, 0.2) is 84.9 Å². The Bertz CT molecular complexity index is 980. The Morgan fingerprint density at radius 1 is 0.857 bits per heavy atom. The summed E-state index contributed by atoms with van der Waals surface area (Å²) in [5.41, 5.74) is 3.81. The monoisotopic (exact) mass is 369 g/mol. The molecule has 0 radical (unpaired) electrons. The molecule has 0 aliphatic carbocycles. The van der Waals surface area contributed by atoms with Gasteiger partial charge >= 0.3 is 0 Å². The molecule has 3 aromatic carbocycles. The molecule has 0 unspecified atom stereocenters. The summed E-state index contributed by atoms with van der Waals surface area (Å²) in [4.78, 5) is 28.1. The van der Waals surface area contributed by atoms with Crippen LogP contribution in [0.2, 0.25) is 0 Å². The van der Waals surface area contributed by atoms with Gasteiger partial charge in [-0.05, 0) is 25.0 Å². The maximum absolute atomic E-state index is 13.1. The predicted octanol–water partition coefficient (Wildman–Crippen LogP) is 5.14. The minimum Gasteiger partial charge on any atom is -0.327 e. The molecule has 1 aliphatic rings. The van der Waals surface area contributed by atoms with Gasteiger partial charge in [0.25, 0.3) is 0 Å². The van der Waals surface area contributed by atoms with E-state index in [2.05, 4.69) is 0 Å². The van der Waals surface area contributed by atoms with E-state index in [1.807, 2.05) is 91.5 Å². The molecule has 28 heavy (non-hydrogen) atoms. The van der Waals surface area contributed by atoms with E-state index in [9.17, 15) is 9.59 Å². The molecule has 1 saturated heterocycles. The quantitative estimate of drug-likeness (QED) is 0.355. The molecule has 3 aromatic rings. The van der Waals surface area contributed by atoms with Crippen LogP contribution >= 0.6 is 0 Å². The highest BCUT2D eigenvalue weighted by molar-refractivity contribution is 6.14. The molecule has 3 atom stereocenters. The van der Waals surface area contributed by atoms with Crippen LogP contribution in [0.3, 0.4) is 0 Å². The molecule has 1 fully saturated rings. The molecule has 3 heteroatoms. The van der Waals surface area contributed by atoms with E-state index in [1.54, 1.807) is 12.1 Å². The maximum Gasteiger partial charge on any atom is 0.237 e. The van der Waals surface area contributed by atoms with Crippen molar-refractivity contribution in [2.45, 2.75) is 25.9 Å². The van der Waals surface area contributed by atoms with Gasteiger partial charge in [0.2, 0.25) is 5.91 Å². The van der Waals surface area contributed by atoms with Gasteiger partial charge in [-0.2, -0.15) is 0 Å². The van der Waals surface area contributed by atoms with Crippen LogP contribution in [0.5, 0.6) is 0 Å². The van der Waals surface area contributed by atoms with E-state index in [0.29, 0.717) is 5.56 Å². The molecule has 0 spiro atoms. The average molecular weight is 369 g/mol. The summed E-state index contributed by atoms with van der Waals surface area (Å²) in [5.74, 6) is -0.875. The van der Waals surface area contributed by atoms with Gasteiger partial charge in [0, 0.05) is 5.56 Å². The highest BCUT2D eigenvalue weighted by atomic mass is 16.2. The van der Waals surface area contributed by atoms with Crippen molar-refractivity contribution in [2.24, 2.45) is 5.92 Å². The molecule has 1 heterocycles. The number of β-lactam (4-membered cyclic amide) rings is 1. The summed E-state index contributed by atoms with van der Waals surface area (Å²) in [6.07, 6.45) is 0. The molecule has 0 bridgehead atoms. The normalized spacial score (nSPS) is 19.8. The summed E-state index contributed by atoms with van der Waals surface area (Å²) < 4.78 is 0. The zero-order valence-electron chi connectivity index (χ0n) is 16.1. The number of carbonyl (C=O) groups excluding carboxylic acids is 2. The van der Waals surface area contributed by atoms with Crippen molar-refractivity contribution in [3.05, 3.63) is 107 Å². The van der Waals surface area contributed by atoms with Crippen molar-refractivity contribution in [2.75, 3.05) is 0 Å². The standard InChI is InChI=1S/C25H23NO2/c1-17-13-15-20(16-14-17)23-22(24(27)21-11-7-4-8-12-21)25(28)26(23)18(2)19-9-5-3-6-10-19/h3-16,18,22-23H,1-2H3/t18-,22-,23+/m1/s1. The van der Waals surface area contributed by atoms with E-state index < -0.39 is 5.92 Å². The summed E-state index contributed by atoms with van der Waals surface area (Å²) in [6, 6.07) is 26.9. The van der Waals surface area contributed by atoms with Gasteiger partial charge in [-0.25, -0.2) is 0 Å². The third kappa shape index (κ3) is 3.13. The van der Waals surface area contributed by atoms with E-state index in [4.69, 9.17) is 0 Å². The second-order valence-electron chi connectivity index (χ2n) is 7.40. The van der Waals surface area contributed by atoms with Gasteiger partial charge in [0.15, 0.2) is 5.78 Å². The number of nitrogens with zero attached hydrogens (tertiary/aromatic N) is 1. The molecule has 4 rings (SSSR count). The van der Waals surface area contributed by atoms with Crippen molar-refractivity contribution in [3.63, 3.8) is 0 Å². The first-order valence-corrected chi connectivity index (χ1v) is 9.61. The fourth-order valence-corrected chi connectivity index (χ4v) is 3.99. The van der Waals surface area contributed by atoms with E-state index in [0.717, 1.165) is 16.7 Å². The summed E-state index contributed by atoms with van der Waals surface area (Å²) in [7, 11) is 0. The zero-order chi connectivity index (χ0) is 19.7. The Kier molecular flexibility index (Phi) is 4.82. The van der Waals surface area contributed by atoms with E-state index in [-0.39, 0.29) is 23.8 Å². The van der Waals surface area contributed by atoms with E-state index >= 15 is 0 Å². The third-order valence-electron chi connectivity index (χ3n) is 5.59. The molecule has 140 valence electrons. The van der Waals surface area contributed by atoms with Gasteiger partial charge < -0.3 is 4.90 Å². The van der Waals surface area contributed by atoms with E-state index in [1.165, 1.54) is 0 Å². The van der Waals surface area contributed by atoms with Crippen LogP contribution in [-0.2, 0) is 4.79 Å². The number of Topliss-reactive ketones (excluding diaryl/α,β-unsaturated/α-hetero) is 1. The van der Waals surface area contributed by atoms with Gasteiger partial charge in [0.1, 0.15) is 5.92 Å². The maximum atomic E-state index is 13.1. The van der Waals surface area contributed by atoms with Crippen LogP contribution in [-0.4, -0.2) is 16.6 Å². The van der Waals surface area contributed by atoms with Crippen LogP contribution in [0.4, 0.5) is 0 Å². The first kappa shape index (κ1) is 18.2. The van der Waals surface area contributed by atoms with Crippen molar-refractivity contribution < 1.29 is 9.59 Å². The number of amides is 1. The largest absolute Gasteiger partial charge is 0.327 e. The Hall–Kier alpha value is -3.20. The lowest BCUT2D eigenvalue weighted by atomic mass is 9.76. The minimum atomic E-state index is -0.670. The molecular weight excluding hydrogens is 346 g/mol. The molecule has 0 aromatic heterocycles. The lowest BCUT2D eigenvalue weighted by Gasteiger charge is -2.50. The number of ketones is 1. The lowest BCUT2D eigenvalue weighted by Crippen LogP contribution is -2.58. The number of rotatable bonds is 5. The Balaban J connectivity index is 1.72. The molecule has 0 saturated carbocycles. The van der Waals surface area contributed by atoms with Gasteiger partial charge in [-0.15, -0.1) is 0 Å². The average Bonchev–Trinajstić information content (AvgIpc) is 2.74. The zero-order valence-corrected chi connectivity index (χ0v) is 16.1. The first-order chi connectivity index (χ1) is 13.6. The van der Waals surface area contributed by atoms with Gasteiger partial charge in [-0.1, -0.05) is 90.5 Å². The van der Waals surface area contributed by atoms with Crippen LogP contribution in [0.25, 0.3) is 0 Å². The molecular formula is C25H23NO2. The summed E-state index contributed by atoms with van der Waals surface area (Å²) in [6.45, 7) is 4.06. The fourth-order valence-electron chi connectivity index (χ4n) is 3.99. The minimum absolute atomic E-state index is 0.0974. The lowest BCUT2D eigenvalue weighted by molar-refractivity contribution is -0.157. The van der Waals surface area contributed by atoms with Crippen molar-refractivity contribution in [1.82, 2.24) is 4.90 Å². The first-order valence-electron chi connectivity index (χ1n) is 9.61. The number of benzene rings is 3. The highest BCUT2D eigenvalue weighted by Gasteiger charge is 2.53. The van der Waals surface area contributed by atoms with Gasteiger partial charge in [-0.3, -0.25) is 9.59 Å². The molecule has 3 nitrogen and oxygen atoms in total. The van der Waals surface area contributed by atoms with Crippen LogP contribution < -0.4 is 0 Å². The Morgan fingerprint density at radius 3 is 2.04 bits per heavy atom. The van der Waals surface area contributed by atoms with Crippen LogP contribution in [0, 0.1) is 12.8 Å². The van der Waals surface area contributed by atoms with Crippen LogP contribution in [0.1, 0.15) is 46.1 Å². The van der Waals surface area contributed by atoms with Crippen molar-refractivity contribution >= 4 is 11.7 Å². The third-order valence-corrected chi connectivity index (χ3v) is 5.59. The number of hydrogen-bond donors (Lipinski definition) is 0. The second-order valence-corrected chi connectivity index (χ2v) is 7.40. The summed E-state index contributed by atoms with van der Waals surface area (Å²) in [5, 5.41) is 0. The fraction of sp³-hybridized carbons (Fsp3) is 0.200. The number of hydrogen-bond acceptors (Lipinski definition) is 2. The number of carbonyl (C=O) groups is 2. The van der Waals surface area contributed by atoms with Crippen molar-refractivity contribution in [1.29, 1.82) is 0 Å². The molecule has 0 N–H and O–H groups in total. The van der Waals surface area contributed by atoms with Gasteiger partial charge in [0.05, 0.1) is 12.1 Å². The predicted molar refractivity (Wildman–Crippen MR) is 110 cm³/mol. The van der Waals surface area contributed by atoms with Crippen molar-refractivity contribution in [3.8, 4) is 0 Å². The Morgan fingerprint density at radius 2 is 1.43 bits per heavy atom.